The molecule has 1 aliphatic rings. The molecule has 2 rings (SSSR count). The van der Waals surface area contributed by atoms with E-state index in [9.17, 15) is 4.39 Å². The van der Waals surface area contributed by atoms with E-state index in [1.54, 1.807) is 6.07 Å². The maximum atomic E-state index is 13.3. The fraction of sp³-hybridized carbons (Fsp3) is 0.538. The lowest BCUT2D eigenvalue weighted by Gasteiger charge is -2.35. The standard InChI is InChI=1S/C13H17ClFN/c1-8-5-11(6-8)16-9(2)10-3-4-12(14)13(15)7-10/h3-4,7-9,11,16H,5-6H2,1-2H3. The van der Waals surface area contributed by atoms with E-state index in [0.717, 1.165) is 11.5 Å². The third-order valence-electron chi connectivity index (χ3n) is 3.30. The molecule has 0 heterocycles. The Morgan fingerprint density at radius 2 is 2.12 bits per heavy atom. The van der Waals surface area contributed by atoms with Crippen LogP contribution in [0.25, 0.3) is 0 Å². The molecule has 0 saturated heterocycles. The van der Waals surface area contributed by atoms with Crippen molar-refractivity contribution in [1.82, 2.24) is 5.32 Å². The summed E-state index contributed by atoms with van der Waals surface area (Å²) in [6.07, 6.45) is 2.45. The predicted octanol–water partition coefficient (Wildman–Crippen LogP) is 3.93. The Kier molecular flexibility index (Phi) is 3.50. The van der Waals surface area contributed by atoms with Crippen LogP contribution in [0.15, 0.2) is 18.2 Å². The van der Waals surface area contributed by atoms with Crippen molar-refractivity contribution in [2.75, 3.05) is 0 Å². The van der Waals surface area contributed by atoms with E-state index in [4.69, 9.17) is 11.6 Å². The summed E-state index contributed by atoms with van der Waals surface area (Å²) in [5.74, 6) is 0.487. The lowest BCUT2D eigenvalue weighted by molar-refractivity contribution is 0.226. The van der Waals surface area contributed by atoms with Crippen LogP contribution in [0.2, 0.25) is 5.02 Å². The number of rotatable bonds is 3. The minimum absolute atomic E-state index is 0.185. The molecule has 1 aromatic carbocycles. The summed E-state index contributed by atoms with van der Waals surface area (Å²) in [4.78, 5) is 0. The van der Waals surface area contributed by atoms with E-state index in [2.05, 4.69) is 19.2 Å². The first kappa shape index (κ1) is 11.9. The van der Waals surface area contributed by atoms with Crippen molar-refractivity contribution in [2.24, 2.45) is 5.92 Å². The fourth-order valence-corrected chi connectivity index (χ4v) is 2.39. The number of hydrogen-bond acceptors (Lipinski definition) is 1. The Bertz CT molecular complexity index is 374. The second-order valence-corrected chi connectivity index (χ2v) is 5.24. The van der Waals surface area contributed by atoms with Crippen LogP contribution < -0.4 is 5.32 Å². The topological polar surface area (TPSA) is 12.0 Å². The van der Waals surface area contributed by atoms with E-state index in [1.165, 1.54) is 18.9 Å². The summed E-state index contributed by atoms with van der Waals surface area (Å²) < 4.78 is 13.3. The van der Waals surface area contributed by atoms with Crippen LogP contribution in [0.5, 0.6) is 0 Å². The van der Waals surface area contributed by atoms with Gasteiger partial charge in [0.1, 0.15) is 5.82 Å². The highest BCUT2D eigenvalue weighted by atomic mass is 35.5. The molecule has 88 valence electrons. The Balaban J connectivity index is 1.97. The van der Waals surface area contributed by atoms with Gasteiger partial charge in [-0.05, 0) is 43.4 Å². The van der Waals surface area contributed by atoms with Gasteiger partial charge in [0.25, 0.3) is 0 Å². The van der Waals surface area contributed by atoms with E-state index in [1.807, 2.05) is 6.07 Å². The van der Waals surface area contributed by atoms with Crippen LogP contribution in [-0.4, -0.2) is 6.04 Å². The third kappa shape index (κ3) is 2.55. The summed E-state index contributed by atoms with van der Waals surface area (Å²) >= 11 is 5.65. The van der Waals surface area contributed by atoms with Gasteiger partial charge in [0.05, 0.1) is 5.02 Å². The smallest absolute Gasteiger partial charge is 0.142 e. The molecule has 0 aromatic heterocycles. The molecular weight excluding hydrogens is 225 g/mol. The van der Waals surface area contributed by atoms with Gasteiger partial charge in [-0.2, -0.15) is 0 Å². The molecule has 16 heavy (non-hydrogen) atoms. The van der Waals surface area contributed by atoms with Gasteiger partial charge in [-0.3, -0.25) is 0 Å². The van der Waals surface area contributed by atoms with E-state index < -0.39 is 0 Å². The molecule has 1 aliphatic carbocycles. The predicted molar refractivity (Wildman–Crippen MR) is 65.1 cm³/mol. The van der Waals surface area contributed by atoms with Crippen molar-refractivity contribution in [3.63, 3.8) is 0 Å². The van der Waals surface area contributed by atoms with Crippen molar-refractivity contribution in [1.29, 1.82) is 0 Å². The van der Waals surface area contributed by atoms with Gasteiger partial charge in [0.15, 0.2) is 0 Å². The summed E-state index contributed by atoms with van der Waals surface area (Å²) in [6, 6.07) is 5.79. The van der Waals surface area contributed by atoms with E-state index in [0.29, 0.717) is 6.04 Å². The van der Waals surface area contributed by atoms with Crippen LogP contribution in [0, 0.1) is 11.7 Å². The second kappa shape index (κ2) is 4.72. The minimum Gasteiger partial charge on any atom is -0.307 e. The van der Waals surface area contributed by atoms with Crippen LogP contribution in [0.1, 0.15) is 38.3 Å². The molecule has 0 bridgehead atoms. The molecule has 3 heteroatoms. The van der Waals surface area contributed by atoms with Gasteiger partial charge in [0.2, 0.25) is 0 Å². The lowest BCUT2D eigenvalue weighted by atomic mass is 9.81. The average molecular weight is 242 g/mol. The monoisotopic (exact) mass is 241 g/mol. The van der Waals surface area contributed by atoms with Gasteiger partial charge >= 0.3 is 0 Å². The van der Waals surface area contributed by atoms with Crippen molar-refractivity contribution < 1.29 is 4.39 Å². The molecule has 0 aliphatic heterocycles. The van der Waals surface area contributed by atoms with Crippen LogP contribution in [0.3, 0.4) is 0 Å². The van der Waals surface area contributed by atoms with Gasteiger partial charge in [0, 0.05) is 12.1 Å². The largest absolute Gasteiger partial charge is 0.307 e. The van der Waals surface area contributed by atoms with Crippen molar-refractivity contribution in [3.05, 3.63) is 34.6 Å². The molecule has 1 atom stereocenters. The zero-order chi connectivity index (χ0) is 11.7. The Hall–Kier alpha value is -0.600. The zero-order valence-corrected chi connectivity index (χ0v) is 10.4. The first-order valence-electron chi connectivity index (χ1n) is 5.77. The first-order chi connectivity index (χ1) is 7.56. The molecule has 1 fully saturated rings. The van der Waals surface area contributed by atoms with E-state index >= 15 is 0 Å². The normalized spacial score (nSPS) is 26.2. The van der Waals surface area contributed by atoms with Crippen LogP contribution >= 0.6 is 11.6 Å². The fourth-order valence-electron chi connectivity index (χ4n) is 2.27. The highest BCUT2D eigenvalue weighted by Gasteiger charge is 2.26. The third-order valence-corrected chi connectivity index (χ3v) is 3.61. The summed E-state index contributed by atoms with van der Waals surface area (Å²) in [6.45, 7) is 4.32. The highest BCUT2D eigenvalue weighted by molar-refractivity contribution is 6.30. The Morgan fingerprint density at radius 1 is 1.44 bits per heavy atom. The highest BCUT2D eigenvalue weighted by Crippen LogP contribution is 2.29. The zero-order valence-electron chi connectivity index (χ0n) is 9.63. The van der Waals surface area contributed by atoms with Crippen LogP contribution in [0.4, 0.5) is 4.39 Å². The molecular formula is C13H17ClFN. The average Bonchev–Trinajstić information content (AvgIpc) is 2.19. The van der Waals surface area contributed by atoms with Gasteiger partial charge in [-0.25, -0.2) is 4.39 Å². The van der Waals surface area contributed by atoms with E-state index in [-0.39, 0.29) is 16.9 Å². The maximum absolute atomic E-state index is 13.3. The Labute approximate surface area is 101 Å². The molecule has 1 aromatic rings. The Morgan fingerprint density at radius 3 is 2.69 bits per heavy atom. The number of benzene rings is 1. The maximum Gasteiger partial charge on any atom is 0.142 e. The first-order valence-corrected chi connectivity index (χ1v) is 6.15. The summed E-state index contributed by atoms with van der Waals surface area (Å²) in [5.41, 5.74) is 0.960. The van der Waals surface area contributed by atoms with Crippen molar-refractivity contribution in [3.8, 4) is 0 Å². The summed E-state index contributed by atoms with van der Waals surface area (Å²) in [5, 5.41) is 3.69. The molecule has 0 radical (unpaired) electrons. The lowest BCUT2D eigenvalue weighted by Crippen LogP contribution is -2.41. The molecule has 0 amide bonds. The van der Waals surface area contributed by atoms with Crippen LogP contribution in [-0.2, 0) is 0 Å². The molecule has 1 nitrogen and oxygen atoms in total. The van der Waals surface area contributed by atoms with Gasteiger partial charge < -0.3 is 5.32 Å². The number of hydrogen-bond donors (Lipinski definition) is 1. The quantitative estimate of drug-likeness (QED) is 0.846. The molecule has 1 N–H and O–H groups in total. The number of halogens is 2. The van der Waals surface area contributed by atoms with Gasteiger partial charge in [-0.1, -0.05) is 24.6 Å². The SMILES string of the molecule is CC1CC(NC(C)c2ccc(Cl)c(F)c2)C1. The molecule has 1 unspecified atom stereocenters. The molecule has 1 saturated carbocycles. The number of nitrogens with one attached hydrogen (secondary N) is 1. The van der Waals surface area contributed by atoms with Crippen molar-refractivity contribution in [2.45, 2.75) is 38.8 Å². The molecule has 0 spiro atoms. The van der Waals surface area contributed by atoms with Gasteiger partial charge in [-0.15, -0.1) is 0 Å². The minimum atomic E-state index is -0.338. The summed E-state index contributed by atoms with van der Waals surface area (Å²) in [7, 11) is 0. The van der Waals surface area contributed by atoms with Crippen molar-refractivity contribution >= 4 is 11.6 Å². The second-order valence-electron chi connectivity index (χ2n) is 4.84.